The van der Waals surface area contributed by atoms with Gasteiger partial charge in [-0.25, -0.2) is 0 Å². The standard InChI is InChI=1S/C15H17BrO2S/c1-9(2)18-12-6-4-5-11(8-12)14(17)13-7-10(3)15(16)19-13/h4-9,14,17H,1-3H3. The van der Waals surface area contributed by atoms with Crippen LogP contribution in [0.2, 0.25) is 0 Å². The molecule has 0 fully saturated rings. The van der Waals surface area contributed by atoms with Crippen LogP contribution in [0.4, 0.5) is 0 Å². The second-order valence-corrected chi connectivity index (χ2v) is 7.15. The second kappa shape index (κ2) is 6.07. The summed E-state index contributed by atoms with van der Waals surface area (Å²) in [6, 6.07) is 9.64. The van der Waals surface area contributed by atoms with Gasteiger partial charge >= 0.3 is 0 Å². The van der Waals surface area contributed by atoms with Crippen LogP contribution in [0.25, 0.3) is 0 Å². The van der Waals surface area contributed by atoms with Crippen molar-refractivity contribution >= 4 is 27.3 Å². The first-order valence-electron chi connectivity index (χ1n) is 6.18. The van der Waals surface area contributed by atoms with Crippen LogP contribution in [0.15, 0.2) is 34.1 Å². The van der Waals surface area contributed by atoms with Crippen molar-refractivity contribution in [1.29, 1.82) is 0 Å². The highest BCUT2D eigenvalue weighted by Gasteiger charge is 2.15. The van der Waals surface area contributed by atoms with E-state index >= 15 is 0 Å². The van der Waals surface area contributed by atoms with Gasteiger partial charge in [0.25, 0.3) is 0 Å². The Bertz CT molecular complexity index is 544. The second-order valence-electron chi connectivity index (χ2n) is 4.75. The van der Waals surface area contributed by atoms with Crippen molar-refractivity contribution in [3.05, 3.63) is 50.1 Å². The van der Waals surface area contributed by atoms with Crippen LogP contribution in [0.5, 0.6) is 5.75 Å². The van der Waals surface area contributed by atoms with Crippen LogP contribution in [-0.4, -0.2) is 11.2 Å². The summed E-state index contributed by atoms with van der Waals surface area (Å²) >= 11 is 5.05. The average molecular weight is 341 g/mol. The van der Waals surface area contributed by atoms with Crippen LogP contribution in [0.3, 0.4) is 0 Å². The van der Waals surface area contributed by atoms with Crippen molar-refractivity contribution in [2.75, 3.05) is 0 Å². The zero-order chi connectivity index (χ0) is 14.0. The number of aliphatic hydroxyl groups excluding tert-OH is 1. The van der Waals surface area contributed by atoms with Crippen LogP contribution >= 0.6 is 27.3 Å². The molecule has 0 radical (unpaired) electrons. The maximum Gasteiger partial charge on any atom is 0.120 e. The number of benzene rings is 1. The van der Waals surface area contributed by atoms with Crippen LogP contribution < -0.4 is 4.74 Å². The summed E-state index contributed by atoms with van der Waals surface area (Å²) in [5, 5.41) is 10.4. The fraction of sp³-hybridized carbons (Fsp3) is 0.333. The van der Waals surface area contributed by atoms with Gasteiger partial charge in [-0.15, -0.1) is 11.3 Å². The molecule has 2 rings (SSSR count). The van der Waals surface area contributed by atoms with Gasteiger partial charge in [0, 0.05) is 4.88 Å². The number of halogens is 1. The number of hydrogen-bond acceptors (Lipinski definition) is 3. The first-order valence-corrected chi connectivity index (χ1v) is 7.79. The quantitative estimate of drug-likeness (QED) is 0.874. The molecule has 102 valence electrons. The Morgan fingerprint density at radius 2 is 2.00 bits per heavy atom. The minimum atomic E-state index is -0.606. The van der Waals surface area contributed by atoms with Crippen molar-refractivity contribution in [2.45, 2.75) is 33.0 Å². The molecule has 0 saturated carbocycles. The summed E-state index contributed by atoms with van der Waals surface area (Å²) < 4.78 is 6.72. The van der Waals surface area contributed by atoms with E-state index in [0.717, 1.165) is 25.5 Å². The maximum absolute atomic E-state index is 10.4. The minimum absolute atomic E-state index is 0.130. The first-order chi connectivity index (χ1) is 8.97. The number of ether oxygens (including phenoxy) is 1. The van der Waals surface area contributed by atoms with E-state index in [9.17, 15) is 5.11 Å². The van der Waals surface area contributed by atoms with Gasteiger partial charge in [-0.3, -0.25) is 0 Å². The minimum Gasteiger partial charge on any atom is -0.491 e. The number of rotatable bonds is 4. The molecule has 0 aliphatic rings. The molecule has 0 saturated heterocycles. The monoisotopic (exact) mass is 340 g/mol. The Balaban J connectivity index is 2.25. The lowest BCUT2D eigenvalue weighted by Crippen LogP contribution is -2.06. The molecule has 1 aromatic carbocycles. The van der Waals surface area contributed by atoms with Gasteiger partial charge in [0.05, 0.1) is 9.89 Å². The largest absolute Gasteiger partial charge is 0.491 e. The zero-order valence-electron chi connectivity index (χ0n) is 11.2. The molecular formula is C15H17BrO2S. The SMILES string of the molecule is Cc1cc(C(O)c2cccc(OC(C)C)c2)sc1Br. The number of aryl methyl sites for hydroxylation is 1. The molecule has 0 amide bonds. The predicted molar refractivity (Wildman–Crippen MR) is 83.0 cm³/mol. The van der Waals surface area contributed by atoms with Gasteiger partial charge in [-0.05, 0) is 66.0 Å². The highest BCUT2D eigenvalue weighted by Crippen LogP contribution is 2.35. The Labute approximate surface area is 126 Å². The van der Waals surface area contributed by atoms with E-state index in [0.29, 0.717) is 0 Å². The molecule has 2 aromatic rings. The molecule has 1 N–H and O–H groups in total. The predicted octanol–water partition coefficient (Wildman–Crippen LogP) is 4.69. The van der Waals surface area contributed by atoms with E-state index in [-0.39, 0.29) is 6.10 Å². The lowest BCUT2D eigenvalue weighted by Gasteiger charge is -2.13. The Morgan fingerprint density at radius 3 is 2.58 bits per heavy atom. The summed E-state index contributed by atoms with van der Waals surface area (Å²) in [4.78, 5) is 0.936. The Kier molecular flexibility index (Phi) is 4.66. The van der Waals surface area contributed by atoms with Gasteiger partial charge in [-0.1, -0.05) is 12.1 Å². The van der Waals surface area contributed by atoms with E-state index in [1.54, 1.807) is 11.3 Å². The smallest absolute Gasteiger partial charge is 0.120 e. The van der Waals surface area contributed by atoms with Gasteiger partial charge < -0.3 is 9.84 Å². The van der Waals surface area contributed by atoms with E-state index in [1.807, 2.05) is 51.1 Å². The molecule has 1 aromatic heterocycles. The normalized spacial score (nSPS) is 12.7. The molecule has 0 spiro atoms. The highest BCUT2D eigenvalue weighted by atomic mass is 79.9. The first kappa shape index (κ1) is 14.6. The van der Waals surface area contributed by atoms with Gasteiger partial charge in [-0.2, -0.15) is 0 Å². The third-order valence-electron chi connectivity index (χ3n) is 2.69. The summed E-state index contributed by atoms with van der Waals surface area (Å²) in [6.45, 7) is 6.00. The van der Waals surface area contributed by atoms with Crippen LogP contribution in [-0.2, 0) is 0 Å². The van der Waals surface area contributed by atoms with Crippen molar-refractivity contribution in [2.24, 2.45) is 0 Å². The van der Waals surface area contributed by atoms with Gasteiger partial charge in [0.15, 0.2) is 0 Å². The molecule has 2 nitrogen and oxygen atoms in total. The summed E-state index contributed by atoms with van der Waals surface area (Å²) in [7, 11) is 0. The number of thiophene rings is 1. The molecular weight excluding hydrogens is 324 g/mol. The molecule has 4 heteroatoms. The van der Waals surface area contributed by atoms with E-state index in [2.05, 4.69) is 15.9 Å². The lowest BCUT2D eigenvalue weighted by atomic mass is 10.1. The fourth-order valence-electron chi connectivity index (χ4n) is 1.81. The molecule has 1 atom stereocenters. The summed E-state index contributed by atoms with van der Waals surface area (Å²) in [6.07, 6.45) is -0.476. The van der Waals surface area contributed by atoms with E-state index in [1.165, 1.54) is 0 Å². The van der Waals surface area contributed by atoms with Crippen molar-refractivity contribution in [1.82, 2.24) is 0 Å². The fourth-order valence-corrected chi connectivity index (χ4v) is 3.40. The van der Waals surface area contributed by atoms with Crippen molar-refractivity contribution in [3.8, 4) is 5.75 Å². The molecule has 19 heavy (non-hydrogen) atoms. The zero-order valence-corrected chi connectivity index (χ0v) is 13.6. The molecule has 1 heterocycles. The molecule has 0 bridgehead atoms. The van der Waals surface area contributed by atoms with Crippen molar-refractivity contribution in [3.63, 3.8) is 0 Å². The Hall–Kier alpha value is -0.840. The maximum atomic E-state index is 10.4. The molecule has 0 aliphatic carbocycles. The average Bonchev–Trinajstić information content (AvgIpc) is 2.68. The van der Waals surface area contributed by atoms with Gasteiger partial charge in [0.1, 0.15) is 11.9 Å². The summed E-state index contributed by atoms with van der Waals surface area (Å²) in [5.41, 5.74) is 2.00. The Morgan fingerprint density at radius 1 is 1.26 bits per heavy atom. The topological polar surface area (TPSA) is 29.5 Å². The molecule has 1 unspecified atom stereocenters. The van der Waals surface area contributed by atoms with Crippen LogP contribution in [0.1, 0.15) is 36.0 Å². The van der Waals surface area contributed by atoms with Gasteiger partial charge in [0.2, 0.25) is 0 Å². The number of hydrogen-bond donors (Lipinski definition) is 1. The molecule has 0 aliphatic heterocycles. The number of aliphatic hydroxyl groups is 1. The highest BCUT2D eigenvalue weighted by molar-refractivity contribution is 9.11. The van der Waals surface area contributed by atoms with E-state index < -0.39 is 6.10 Å². The third kappa shape index (κ3) is 3.59. The lowest BCUT2D eigenvalue weighted by molar-refractivity contribution is 0.219. The van der Waals surface area contributed by atoms with Crippen molar-refractivity contribution < 1.29 is 9.84 Å². The summed E-state index contributed by atoms with van der Waals surface area (Å²) in [5.74, 6) is 0.791. The van der Waals surface area contributed by atoms with E-state index in [4.69, 9.17) is 4.74 Å². The third-order valence-corrected chi connectivity index (χ3v) is 4.88. The van der Waals surface area contributed by atoms with Crippen LogP contribution in [0, 0.1) is 6.92 Å².